The van der Waals surface area contributed by atoms with E-state index in [1.165, 1.54) is 17.9 Å². The largest absolute Gasteiger partial charge is 0.298 e. The van der Waals surface area contributed by atoms with E-state index >= 15 is 0 Å². The third kappa shape index (κ3) is 1.72. The minimum absolute atomic E-state index is 0.0540. The van der Waals surface area contributed by atoms with Crippen LogP contribution in [0.3, 0.4) is 0 Å². The predicted octanol–water partition coefficient (Wildman–Crippen LogP) is 1.90. The molecule has 0 saturated heterocycles. The second-order valence-electron chi connectivity index (χ2n) is 3.61. The third-order valence-corrected chi connectivity index (χ3v) is 3.22. The molecule has 0 unspecified atom stereocenters. The van der Waals surface area contributed by atoms with Gasteiger partial charge in [-0.3, -0.25) is 4.79 Å². The van der Waals surface area contributed by atoms with Crippen molar-refractivity contribution >= 4 is 27.5 Å². The van der Waals surface area contributed by atoms with Crippen LogP contribution in [0.5, 0.6) is 0 Å². The number of fused-ring (bicyclic) bond motifs is 1. The number of aromatic nitrogens is 1. The van der Waals surface area contributed by atoms with E-state index in [0.717, 1.165) is 10.5 Å². The third-order valence-electron chi connectivity index (χ3n) is 2.32. The number of amides is 1. The maximum Gasteiger partial charge on any atom is 0.298 e. The van der Waals surface area contributed by atoms with Crippen LogP contribution >= 0.6 is 11.3 Å². The minimum Gasteiger partial charge on any atom is -0.270 e. The van der Waals surface area contributed by atoms with E-state index in [1.54, 1.807) is 11.3 Å². The second kappa shape index (κ2) is 3.62. The summed E-state index contributed by atoms with van der Waals surface area (Å²) in [6, 6.07) is 4.15. The van der Waals surface area contributed by atoms with Gasteiger partial charge in [-0.05, 0) is 23.9 Å². The molecule has 0 aliphatic carbocycles. The highest BCUT2D eigenvalue weighted by Gasteiger charge is 2.17. The summed E-state index contributed by atoms with van der Waals surface area (Å²) < 4.78 is 1.84. The van der Waals surface area contributed by atoms with Gasteiger partial charge in [-0.2, -0.15) is 0 Å². The number of hydrogen-bond acceptors (Lipinski definition) is 2. The molecule has 2 heterocycles. The first-order valence-electron chi connectivity index (χ1n) is 4.76. The summed E-state index contributed by atoms with van der Waals surface area (Å²) >= 11 is 1.63. The standard InChI is InChI=1S/C11H12N2OS/c1-7-6-8(2)13(12-9(3)14)11-10(7)4-5-15-11/h4-6H,1-3H3/p+1. The van der Waals surface area contributed by atoms with E-state index in [0.29, 0.717) is 0 Å². The van der Waals surface area contributed by atoms with Crippen LogP contribution in [0.15, 0.2) is 17.5 Å². The molecule has 78 valence electrons. The van der Waals surface area contributed by atoms with Crippen molar-refractivity contribution in [3.05, 3.63) is 28.8 Å². The maximum absolute atomic E-state index is 11.1. The van der Waals surface area contributed by atoms with Crippen LogP contribution in [0.2, 0.25) is 0 Å². The first-order chi connectivity index (χ1) is 7.09. The zero-order chi connectivity index (χ0) is 11.0. The molecular formula is C11H13N2OS+. The van der Waals surface area contributed by atoms with Crippen molar-refractivity contribution in [1.82, 2.24) is 0 Å². The molecule has 0 atom stereocenters. The SMILES string of the molecule is CC(=O)N[n+]1c(C)cc(C)c2ccsc21. The minimum atomic E-state index is -0.0540. The fraction of sp³-hybridized carbons (Fsp3) is 0.273. The Hall–Kier alpha value is -1.42. The lowest BCUT2D eigenvalue weighted by Gasteiger charge is -2.02. The van der Waals surface area contributed by atoms with Crippen molar-refractivity contribution in [3.63, 3.8) is 0 Å². The van der Waals surface area contributed by atoms with Gasteiger partial charge in [-0.1, -0.05) is 16.0 Å². The Morgan fingerprint density at radius 3 is 2.87 bits per heavy atom. The summed E-state index contributed by atoms with van der Waals surface area (Å²) in [6.45, 7) is 5.59. The summed E-state index contributed by atoms with van der Waals surface area (Å²) in [6.07, 6.45) is 0. The molecule has 3 nitrogen and oxygen atoms in total. The number of rotatable bonds is 1. The zero-order valence-electron chi connectivity index (χ0n) is 9.00. The lowest BCUT2D eigenvalue weighted by Crippen LogP contribution is -2.50. The van der Waals surface area contributed by atoms with E-state index in [9.17, 15) is 4.79 Å². The monoisotopic (exact) mass is 221 g/mol. The van der Waals surface area contributed by atoms with Gasteiger partial charge in [0.2, 0.25) is 5.69 Å². The number of nitrogens with one attached hydrogen (secondary N) is 1. The highest BCUT2D eigenvalue weighted by Crippen LogP contribution is 2.20. The van der Waals surface area contributed by atoms with Gasteiger partial charge >= 0.3 is 0 Å². The van der Waals surface area contributed by atoms with Gasteiger partial charge in [0.25, 0.3) is 10.7 Å². The van der Waals surface area contributed by atoms with Gasteiger partial charge in [0, 0.05) is 19.9 Å². The molecule has 0 aromatic carbocycles. The molecule has 2 rings (SSSR count). The molecule has 0 aliphatic heterocycles. The summed E-state index contributed by atoms with van der Waals surface area (Å²) in [5.74, 6) is -0.0540. The fourth-order valence-corrected chi connectivity index (χ4v) is 2.67. The van der Waals surface area contributed by atoms with Crippen molar-refractivity contribution in [2.75, 3.05) is 5.43 Å². The molecular weight excluding hydrogens is 208 g/mol. The number of thiophene rings is 1. The number of carbonyl (C=O) groups is 1. The average molecular weight is 221 g/mol. The van der Waals surface area contributed by atoms with Gasteiger partial charge in [0.05, 0.1) is 5.39 Å². The fourth-order valence-electron chi connectivity index (χ4n) is 1.69. The maximum atomic E-state index is 11.1. The quantitative estimate of drug-likeness (QED) is 0.733. The highest BCUT2D eigenvalue weighted by atomic mass is 32.1. The van der Waals surface area contributed by atoms with Crippen molar-refractivity contribution < 1.29 is 9.47 Å². The van der Waals surface area contributed by atoms with Crippen LogP contribution in [0.1, 0.15) is 18.2 Å². The summed E-state index contributed by atoms with van der Waals surface area (Å²) in [7, 11) is 0. The number of nitrogens with zero attached hydrogens (tertiary/aromatic N) is 1. The predicted molar refractivity (Wildman–Crippen MR) is 61.5 cm³/mol. The second-order valence-corrected chi connectivity index (χ2v) is 4.51. The molecule has 0 spiro atoms. The smallest absolute Gasteiger partial charge is 0.270 e. The Labute approximate surface area is 92.3 Å². The number of hydrogen-bond donors (Lipinski definition) is 1. The van der Waals surface area contributed by atoms with Gasteiger partial charge < -0.3 is 0 Å². The molecule has 0 saturated carbocycles. The van der Waals surface area contributed by atoms with Crippen LogP contribution in [0, 0.1) is 13.8 Å². The molecule has 1 N–H and O–H groups in total. The van der Waals surface area contributed by atoms with Gasteiger partial charge in [0.15, 0.2) is 0 Å². The van der Waals surface area contributed by atoms with Gasteiger partial charge in [0.1, 0.15) is 0 Å². The van der Waals surface area contributed by atoms with Crippen molar-refractivity contribution in [2.24, 2.45) is 0 Å². The lowest BCUT2D eigenvalue weighted by molar-refractivity contribution is -0.619. The summed E-state index contributed by atoms with van der Waals surface area (Å²) in [4.78, 5) is 12.2. The van der Waals surface area contributed by atoms with Crippen molar-refractivity contribution in [3.8, 4) is 0 Å². The first kappa shape index (κ1) is 10.1. The number of pyridine rings is 1. The molecule has 0 bridgehead atoms. The van der Waals surface area contributed by atoms with Gasteiger partial charge in [-0.25, -0.2) is 0 Å². The lowest BCUT2D eigenvalue weighted by atomic mass is 10.2. The Morgan fingerprint density at radius 1 is 1.47 bits per heavy atom. The summed E-state index contributed by atoms with van der Waals surface area (Å²) in [5.41, 5.74) is 5.10. The van der Waals surface area contributed by atoms with Crippen LogP contribution < -0.4 is 10.1 Å². The highest BCUT2D eigenvalue weighted by molar-refractivity contribution is 7.16. The zero-order valence-corrected chi connectivity index (χ0v) is 9.81. The van der Waals surface area contributed by atoms with E-state index in [2.05, 4.69) is 24.5 Å². The summed E-state index contributed by atoms with van der Waals surface area (Å²) in [5, 5.41) is 3.23. The normalized spacial score (nSPS) is 10.6. The van der Waals surface area contributed by atoms with E-state index in [4.69, 9.17) is 0 Å². The van der Waals surface area contributed by atoms with Crippen molar-refractivity contribution in [2.45, 2.75) is 20.8 Å². The van der Waals surface area contributed by atoms with Crippen LogP contribution in [0.4, 0.5) is 0 Å². The molecule has 1 amide bonds. The Bertz CT molecular complexity index is 531. The topological polar surface area (TPSA) is 33.0 Å². The Kier molecular flexibility index (Phi) is 2.44. The van der Waals surface area contributed by atoms with Crippen LogP contribution in [-0.2, 0) is 4.79 Å². The molecule has 15 heavy (non-hydrogen) atoms. The number of aryl methyl sites for hydroxylation is 2. The Balaban J connectivity index is 2.71. The van der Waals surface area contributed by atoms with E-state index < -0.39 is 0 Å². The first-order valence-corrected chi connectivity index (χ1v) is 5.64. The van der Waals surface area contributed by atoms with Gasteiger partial charge in [-0.15, -0.1) is 5.43 Å². The number of carbonyl (C=O) groups excluding carboxylic acids is 1. The van der Waals surface area contributed by atoms with Crippen LogP contribution in [-0.4, -0.2) is 5.91 Å². The van der Waals surface area contributed by atoms with E-state index in [1.807, 2.05) is 17.0 Å². The molecule has 2 aromatic rings. The average Bonchev–Trinajstić information content (AvgIpc) is 2.60. The molecule has 2 aromatic heterocycles. The molecule has 0 aliphatic rings. The Morgan fingerprint density at radius 2 is 2.20 bits per heavy atom. The van der Waals surface area contributed by atoms with E-state index in [-0.39, 0.29) is 5.91 Å². The molecule has 0 fully saturated rings. The molecule has 0 radical (unpaired) electrons. The van der Waals surface area contributed by atoms with Crippen LogP contribution in [0.25, 0.3) is 10.2 Å². The van der Waals surface area contributed by atoms with Crippen molar-refractivity contribution in [1.29, 1.82) is 0 Å². The molecule has 4 heteroatoms.